The molecule has 3 heterocycles. The van der Waals surface area contributed by atoms with Crippen molar-refractivity contribution in [3.8, 4) is 0 Å². The van der Waals surface area contributed by atoms with Crippen molar-refractivity contribution in [3.63, 3.8) is 0 Å². The molecule has 4 heteroatoms. The predicted molar refractivity (Wildman–Crippen MR) is 78.3 cm³/mol. The molecule has 1 aliphatic heterocycles. The quantitative estimate of drug-likeness (QED) is 0.856. The third kappa shape index (κ3) is 2.18. The number of hydrogen-bond acceptors (Lipinski definition) is 2. The van der Waals surface area contributed by atoms with Gasteiger partial charge in [-0.15, -0.1) is 0 Å². The Kier molecular flexibility index (Phi) is 2.91. The lowest BCUT2D eigenvalue weighted by Crippen LogP contribution is -2.24. The molecule has 20 heavy (non-hydrogen) atoms. The fourth-order valence-corrected chi connectivity index (χ4v) is 3.39. The van der Waals surface area contributed by atoms with E-state index in [-0.39, 0.29) is 0 Å². The van der Waals surface area contributed by atoms with Crippen LogP contribution < -0.4 is 0 Å². The van der Waals surface area contributed by atoms with Crippen molar-refractivity contribution in [2.24, 2.45) is 7.05 Å². The standard InChI is InChI=1S/C16H22N4/c1-18-16-5-3-8-19(11-13(16)10-17-18)12-15-4-2-9-20(15)14-6-7-14/h2,4,9-10,14H,3,5-8,11-12H2,1H3. The first-order chi connectivity index (χ1) is 9.81. The van der Waals surface area contributed by atoms with Gasteiger partial charge in [0.1, 0.15) is 0 Å². The molecular weight excluding hydrogens is 248 g/mol. The van der Waals surface area contributed by atoms with Crippen molar-refractivity contribution >= 4 is 0 Å². The summed E-state index contributed by atoms with van der Waals surface area (Å²) < 4.78 is 4.53. The number of rotatable bonds is 3. The summed E-state index contributed by atoms with van der Waals surface area (Å²) in [6.07, 6.45) is 9.40. The summed E-state index contributed by atoms with van der Waals surface area (Å²) in [6, 6.07) is 5.26. The lowest BCUT2D eigenvalue weighted by molar-refractivity contribution is 0.254. The fraction of sp³-hybridized carbons (Fsp3) is 0.562. The highest BCUT2D eigenvalue weighted by Crippen LogP contribution is 2.36. The van der Waals surface area contributed by atoms with Gasteiger partial charge in [0.15, 0.2) is 0 Å². The Balaban J connectivity index is 1.52. The average molecular weight is 270 g/mol. The highest BCUT2D eigenvalue weighted by atomic mass is 15.3. The highest BCUT2D eigenvalue weighted by Gasteiger charge is 2.25. The van der Waals surface area contributed by atoms with Crippen LogP contribution in [0.15, 0.2) is 24.5 Å². The molecule has 1 saturated carbocycles. The lowest BCUT2D eigenvalue weighted by atomic mass is 10.2. The third-order valence-corrected chi connectivity index (χ3v) is 4.62. The zero-order valence-electron chi connectivity index (χ0n) is 12.1. The lowest BCUT2D eigenvalue weighted by Gasteiger charge is -2.21. The summed E-state index contributed by atoms with van der Waals surface area (Å²) in [4.78, 5) is 2.57. The van der Waals surface area contributed by atoms with Crippen LogP contribution in [0.3, 0.4) is 0 Å². The molecule has 4 nitrogen and oxygen atoms in total. The smallest absolute Gasteiger partial charge is 0.0537 e. The molecule has 0 bridgehead atoms. The summed E-state index contributed by atoms with van der Waals surface area (Å²) in [7, 11) is 2.06. The molecule has 0 amide bonds. The molecule has 0 N–H and O–H groups in total. The summed E-state index contributed by atoms with van der Waals surface area (Å²) in [6.45, 7) is 3.29. The van der Waals surface area contributed by atoms with E-state index in [2.05, 4.69) is 39.9 Å². The molecule has 0 unspecified atom stereocenters. The maximum Gasteiger partial charge on any atom is 0.0537 e. The van der Waals surface area contributed by atoms with Crippen LogP contribution in [0.25, 0.3) is 0 Å². The van der Waals surface area contributed by atoms with E-state index < -0.39 is 0 Å². The topological polar surface area (TPSA) is 26.0 Å². The van der Waals surface area contributed by atoms with E-state index in [9.17, 15) is 0 Å². The molecule has 0 radical (unpaired) electrons. The van der Waals surface area contributed by atoms with Crippen molar-refractivity contribution < 1.29 is 0 Å². The third-order valence-electron chi connectivity index (χ3n) is 4.62. The summed E-state index contributed by atoms with van der Waals surface area (Å²) in [5.41, 5.74) is 4.31. The Morgan fingerprint density at radius 3 is 3.10 bits per heavy atom. The van der Waals surface area contributed by atoms with Gasteiger partial charge in [0.25, 0.3) is 0 Å². The second kappa shape index (κ2) is 4.77. The molecule has 4 rings (SSSR count). The van der Waals surface area contributed by atoms with Gasteiger partial charge in [-0.1, -0.05) is 0 Å². The molecule has 2 aromatic rings. The molecule has 0 atom stereocenters. The van der Waals surface area contributed by atoms with Crippen LogP contribution in [0.1, 0.15) is 42.3 Å². The van der Waals surface area contributed by atoms with Crippen LogP contribution in [-0.4, -0.2) is 25.8 Å². The molecular formula is C16H22N4. The van der Waals surface area contributed by atoms with Crippen LogP contribution in [0, 0.1) is 0 Å². The van der Waals surface area contributed by atoms with Gasteiger partial charge in [-0.25, -0.2) is 0 Å². The molecule has 2 aliphatic rings. The van der Waals surface area contributed by atoms with Crippen molar-refractivity contribution in [3.05, 3.63) is 41.5 Å². The molecule has 0 saturated heterocycles. The molecule has 0 spiro atoms. The van der Waals surface area contributed by atoms with E-state index in [1.807, 2.05) is 10.9 Å². The van der Waals surface area contributed by atoms with Gasteiger partial charge in [0.05, 0.1) is 6.20 Å². The van der Waals surface area contributed by atoms with E-state index >= 15 is 0 Å². The van der Waals surface area contributed by atoms with Gasteiger partial charge in [-0.3, -0.25) is 9.58 Å². The normalized spacial score (nSPS) is 19.9. The minimum atomic E-state index is 0.779. The highest BCUT2D eigenvalue weighted by molar-refractivity contribution is 5.19. The molecule has 2 aromatic heterocycles. The van der Waals surface area contributed by atoms with Crippen molar-refractivity contribution in [1.29, 1.82) is 0 Å². The first-order valence-electron chi connectivity index (χ1n) is 7.69. The van der Waals surface area contributed by atoms with Crippen molar-refractivity contribution in [1.82, 2.24) is 19.2 Å². The minimum absolute atomic E-state index is 0.779. The maximum atomic E-state index is 4.41. The first kappa shape index (κ1) is 12.2. The van der Waals surface area contributed by atoms with E-state index in [0.29, 0.717) is 0 Å². The van der Waals surface area contributed by atoms with Crippen LogP contribution in [0.4, 0.5) is 0 Å². The predicted octanol–water partition coefficient (Wildman–Crippen LogP) is 2.50. The van der Waals surface area contributed by atoms with Gasteiger partial charge in [-0.2, -0.15) is 5.10 Å². The first-order valence-corrected chi connectivity index (χ1v) is 7.69. The fourth-order valence-electron chi connectivity index (χ4n) is 3.39. The Bertz CT molecular complexity index is 606. The summed E-state index contributed by atoms with van der Waals surface area (Å²) >= 11 is 0. The number of aromatic nitrogens is 3. The average Bonchev–Trinajstić information content (AvgIpc) is 3.14. The zero-order valence-corrected chi connectivity index (χ0v) is 12.1. The molecule has 0 aromatic carbocycles. The van der Waals surface area contributed by atoms with E-state index in [1.54, 1.807) is 0 Å². The second-order valence-electron chi connectivity index (χ2n) is 6.19. The van der Waals surface area contributed by atoms with Gasteiger partial charge in [0, 0.05) is 49.3 Å². The van der Waals surface area contributed by atoms with E-state index in [0.717, 1.165) is 25.6 Å². The van der Waals surface area contributed by atoms with Crippen LogP contribution >= 0.6 is 0 Å². The maximum absolute atomic E-state index is 4.41. The molecule has 106 valence electrons. The van der Waals surface area contributed by atoms with Crippen molar-refractivity contribution in [2.75, 3.05) is 6.54 Å². The Morgan fingerprint density at radius 2 is 2.25 bits per heavy atom. The monoisotopic (exact) mass is 270 g/mol. The zero-order chi connectivity index (χ0) is 13.5. The molecule has 1 aliphatic carbocycles. The minimum Gasteiger partial charge on any atom is -0.347 e. The number of aryl methyl sites for hydroxylation is 1. The summed E-state index contributed by atoms with van der Waals surface area (Å²) in [5.74, 6) is 0. The van der Waals surface area contributed by atoms with E-state index in [1.165, 1.54) is 42.8 Å². The van der Waals surface area contributed by atoms with Gasteiger partial charge in [0.2, 0.25) is 0 Å². The van der Waals surface area contributed by atoms with Gasteiger partial charge in [-0.05, 0) is 44.4 Å². The number of fused-ring (bicyclic) bond motifs is 1. The second-order valence-corrected chi connectivity index (χ2v) is 6.19. The number of hydrogen-bond donors (Lipinski definition) is 0. The van der Waals surface area contributed by atoms with Crippen LogP contribution in [-0.2, 0) is 26.6 Å². The Labute approximate surface area is 120 Å². The Hall–Kier alpha value is -1.55. The molecule has 1 fully saturated rings. The van der Waals surface area contributed by atoms with Crippen LogP contribution in [0.5, 0.6) is 0 Å². The largest absolute Gasteiger partial charge is 0.347 e. The van der Waals surface area contributed by atoms with Crippen LogP contribution in [0.2, 0.25) is 0 Å². The van der Waals surface area contributed by atoms with Gasteiger partial charge < -0.3 is 4.57 Å². The van der Waals surface area contributed by atoms with Crippen molar-refractivity contribution in [2.45, 2.75) is 44.8 Å². The number of nitrogens with zero attached hydrogens (tertiary/aromatic N) is 4. The Morgan fingerprint density at radius 1 is 1.35 bits per heavy atom. The summed E-state index contributed by atoms with van der Waals surface area (Å²) in [5, 5.41) is 4.41. The van der Waals surface area contributed by atoms with E-state index in [4.69, 9.17) is 0 Å². The van der Waals surface area contributed by atoms with Gasteiger partial charge >= 0.3 is 0 Å². The SMILES string of the molecule is Cn1ncc2c1CCCN(Cc1cccn1C1CC1)C2.